The molecule has 0 radical (unpaired) electrons. The average Bonchev–Trinajstić information content (AvgIpc) is 2.47. The van der Waals surface area contributed by atoms with E-state index in [-0.39, 0.29) is 5.91 Å². The summed E-state index contributed by atoms with van der Waals surface area (Å²) in [5.41, 5.74) is 7.38. The molecule has 0 saturated carbocycles. The molecule has 1 aromatic heterocycles. The first kappa shape index (κ1) is 15.7. The number of carbonyl (C=O) groups is 1. The van der Waals surface area contributed by atoms with Crippen LogP contribution in [-0.4, -0.2) is 10.9 Å². The summed E-state index contributed by atoms with van der Waals surface area (Å²) >= 11 is 3.41. The number of hydrogen-bond donors (Lipinski definition) is 2. The van der Waals surface area contributed by atoms with E-state index < -0.39 is 5.54 Å². The second-order valence-corrected chi connectivity index (χ2v) is 6.24. The third kappa shape index (κ3) is 3.89. The van der Waals surface area contributed by atoms with Crippen molar-refractivity contribution >= 4 is 21.8 Å². The van der Waals surface area contributed by atoms with Gasteiger partial charge in [0.25, 0.3) is 5.91 Å². The zero-order valence-corrected chi connectivity index (χ0v) is 13.6. The largest absolute Gasteiger partial charge is 0.343 e. The number of benzene rings is 1. The van der Waals surface area contributed by atoms with Crippen LogP contribution in [0.15, 0.2) is 47.1 Å². The van der Waals surface area contributed by atoms with Gasteiger partial charge in [-0.1, -0.05) is 28.1 Å². The van der Waals surface area contributed by atoms with E-state index in [1.807, 2.05) is 38.1 Å². The average molecular weight is 348 g/mol. The number of halogens is 1. The highest BCUT2D eigenvalue weighted by atomic mass is 79.9. The molecule has 0 unspecified atom stereocenters. The van der Waals surface area contributed by atoms with E-state index in [4.69, 9.17) is 5.73 Å². The molecule has 0 aliphatic carbocycles. The first-order chi connectivity index (χ1) is 9.92. The predicted molar refractivity (Wildman–Crippen MR) is 86.8 cm³/mol. The standard InChI is InChI=1S/C16H18BrN3O/c1-16(2,12-3-5-13(17)6-4-12)20-15(21)11-7-8-19-14(9-11)10-18/h3-9H,10,18H2,1-2H3,(H,20,21). The van der Waals surface area contributed by atoms with Gasteiger partial charge in [0.2, 0.25) is 0 Å². The molecule has 5 heteroatoms. The number of pyridine rings is 1. The quantitative estimate of drug-likeness (QED) is 0.893. The van der Waals surface area contributed by atoms with Gasteiger partial charge in [0.05, 0.1) is 11.2 Å². The zero-order valence-electron chi connectivity index (χ0n) is 12.1. The summed E-state index contributed by atoms with van der Waals surface area (Å²) in [6.45, 7) is 4.26. The van der Waals surface area contributed by atoms with E-state index in [9.17, 15) is 4.79 Å². The molecular weight excluding hydrogens is 330 g/mol. The molecule has 4 nitrogen and oxygen atoms in total. The zero-order chi connectivity index (χ0) is 15.5. The van der Waals surface area contributed by atoms with Gasteiger partial charge in [0, 0.05) is 22.8 Å². The molecular formula is C16H18BrN3O. The van der Waals surface area contributed by atoms with E-state index >= 15 is 0 Å². The molecule has 3 N–H and O–H groups in total. The molecule has 1 amide bonds. The fraction of sp³-hybridized carbons (Fsp3) is 0.250. The highest BCUT2D eigenvalue weighted by molar-refractivity contribution is 9.10. The van der Waals surface area contributed by atoms with Crippen LogP contribution >= 0.6 is 15.9 Å². The van der Waals surface area contributed by atoms with Crippen LogP contribution in [0.4, 0.5) is 0 Å². The van der Waals surface area contributed by atoms with Crippen LogP contribution in [0.2, 0.25) is 0 Å². The summed E-state index contributed by atoms with van der Waals surface area (Å²) in [6.07, 6.45) is 1.60. The number of nitrogens with two attached hydrogens (primary N) is 1. The molecule has 0 spiro atoms. The summed E-state index contributed by atoms with van der Waals surface area (Å²) in [7, 11) is 0. The molecule has 1 aromatic carbocycles. The van der Waals surface area contributed by atoms with Gasteiger partial charge in [-0.2, -0.15) is 0 Å². The van der Waals surface area contributed by atoms with Crippen LogP contribution in [0, 0.1) is 0 Å². The van der Waals surface area contributed by atoms with Crippen molar-refractivity contribution in [3.8, 4) is 0 Å². The first-order valence-electron chi connectivity index (χ1n) is 6.66. The van der Waals surface area contributed by atoms with Crippen molar-refractivity contribution in [3.05, 3.63) is 63.9 Å². The molecule has 110 valence electrons. The SMILES string of the molecule is CC(C)(NC(=O)c1ccnc(CN)c1)c1ccc(Br)cc1. The molecule has 21 heavy (non-hydrogen) atoms. The number of rotatable bonds is 4. The number of carbonyl (C=O) groups excluding carboxylic acids is 1. The number of hydrogen-bond acceptors (Lipinski definition) is 3. The molecule has 0 aliphatic rings. The number of aromatic nitrogens is 1. The van der Waals surface area contributed by atoms with Crippen LogP contribution < -0.4 is 11.1 Å². The van der Waals surface area contributed by atoms with Gasteiger partial charge in [-0.25, -0.2) is 0 Å². The Bertz CT molecular complexity index is 638. The lowest BCUT2D eigenvalue weighted by Crippen LogP contribution is -2.41. The minimum atomic E-state index is -0.468. The van der Waals surface area contributed by atoms with E-state index in [0.29, 0.717) is 17.8 Å². The maximum atomic E-state index is 12.4. The fourth-order valence-electron chi connectivity index (χ4n) is 2.03. The van der Waals surface area contributed by atoms with Crippen molar-refractivity contribution in [1.82, 2.24) is 10.3 Å². The predicted octanol–water partition coefficient (Wildman–Crippen LogP) is 2.97. The lowest BCUT2D eigenvalue weighted by Gasteiger charge is -2.27. The lowest BCUT2D eigenvalue weighted by molar-refractivity contribution is 0.0912. The third-order valence-electron chi connectivity index (χ3n) is 3.28. The molecule has 2 rings (SSSR count). The van der Waals surface area contributed by atoms with Crippen LogP contribution in [-0.2, 0) is 12.1 Å². The molecule has 0 fully saturated rings. The minimum absolute atomic E-state index is 0.139. The minimum Gasteiger partial charge on any atom is -0.343 e. The summed E-state index contributed by atoms with van der Waals surface area (Å²) < 4.78 is 1.01. The van der Waals surface area contributed by atoms with Gasteiger partial charge in [0.15, 0.2) is 0 Å². The molecule has 0 bridgehead atoms. The number of nitrogens with zero attached hydrogens (tertiary/aromatic N) is 1. The van der Waals surface area contributed by atoms with Crippen LogP contribution in [0.25, 0.3) is 0 Å². The monoisotopic (exact) mass is 347 g/mol. The van der Waals surface area contributed by atoms with Gasteiger partial charge in [-0.3, -0.25) is 9.78 Å². The van der Waals surface area contributed by atoms with Gasteiger partial charge < -0.3 is 11.1 Å². The van der Waals surface area contributed by atoms with Gasteiger partial charge in [-0.05, 0) is 43.7 Å². The van der Waals surface area contributed by atoms with Crippen molar-refractivity contribution in [2.75, 3.05) is 0 Å². The summed E-state index contributed by atoms with van der Waals surface area (Å²) in [5.74, 6) is -0.139. The van der Waals surface area contributed by atoms with Crippen molar-refractivity contribution in [2.24, 2.45) is 5.73 Å². The Balaban J connectivity index is 2.19. The van der Waals surface area contributed by atoms with E-state index in [1.54, 1.807) is 18.3 Å². The Labute approximate surface area is 132 Å². The smallest absolute Gasteiger partial charge is 0.252 e. The Hall–Kier alpha value is -1.72. The highest BCUT2D eigenvalue weighted by Crippen LogP contribution is 2.22. The second kappa shape index (κ2) is 6.37. The first-order valence-corrected chi connectivity index (χ1v) is 7.45. The van der Waals surface area contributed by atoms with Crippen molar-refractivity contribution in [2.45, 2.75) is 25.9 Å². The third-order valence-corrected chi connectivity index (χ3v) is 3.81. The van der Waals surface area contributed by atoms with Crippen molar-refractivity contribution < 1.29 is 4.79 Å². The Morgan fingerprint density at radius 2 is 1.95 bits per heavy atom. The van der Waals surface area contributed by atoms with Crippen LogP contribution in [0.3, 0.4) is 0 Å². The fourth-order valence-corrected chi connectivity index (χ4v) is 2.29. The molecule has 2 aromatic rings. The molecule has 0 saturated heterocycles. The van der Waals surface area contributed by atoms with Gasteiger partial charge in [-0.15, -0.1) is 0 Å². The maximum absolute atomic E-state index is 12.4. The van der Waals surface area contributed by atoms with E-state index in [0.717, 1.165) is 10.0 Å². The van der Waals surface area contributed by atoms with Gasteiger partial charge >= 0.3 is 0 Å². The summed E-state index contributed by atoms with van der Waals surface area (Å²) in [4.78, 5) is 16.5. The summed E-state index contributed by atoms with van der Waals surface area (Å²) in [6, 6.07) is 11.3. The van der Waals surface area contributed by atoms with Crippen molar-refractivity contribution in [1.29, 1.82) is 0 Å². The van der Waals surface area contributed by atoms with Crippen molar-refractivity contribution in [3.63, 3.8) is 0 Å². The van der Waals surface area contributed by atoms with Crippen LogP contribution in [0.1, 0.15) is 35.5 Å². The lowest BCUT2D eigenvalue weighted by atomic mass is 9.94. The second-order valence-electron chi connectivity index (χ2n) is 5.33. The van der Waals surface area contributed by atoms with Crippen LogP contribution in [0.5, 0.6) is 0 Å². The molecule has 0 aliphatic heterocycles. The Kier molecular flexibility index (Phi) is 4.75. The topological polar surface area (TPSA) is 68.0 Å². The normalized spacial score (nSPS) is 11.2. The van der Waals surface area contributed by atoms with E-state index in [1.165, 1.54) is 0 Å². The summed E-state index contributed by atoms with van der Waals surface area (Å²) in [5, 5.41) is 3.04. The number of nitrogens with one attached hydrogen (secondary N) is 1. The maximum Gasteiger partial charge on any atom is 0.252 e. The Morgan fingerprint density at radius 1 is 1.29 bits per heavy atom. The molecule has 0 atom stereocenters. The van der Waals surface area contributed by atoms with E-state index in [2.05, 4.69) is 26.2 Å². The number of amides is 1. The Morgan fingerprint density at radius 3 is 2.57 bits per heavy atom. The van der Waals surface area contributed by atoms with Gasteiger partial charge in [0.1, 0.15) is 0 Å². The molecule has 1 heterocycles. The highest BCUT2D eigenvalue weighted by Gasteiger charge is 2.23.